The van der Waals surface area contributed by atoms with Crippen LogP contribution >= 0.6 is 0 Å². The van der Waals surface area contributed by atoms with Crippen LogP contribution in [-0.2, 0) is 10.3 Å². The van der Waals surface area contributed by atoms with Gasteiger partial charge in [-0.15, -0.1) is 0 Å². The number of benzene rings is 1. The normalized spacial score (nSPS) is 20.4. The van der Waals surface area contributed by atoms with Crippen LogP contribution in [0.25, 0.3) is 0 Å². The number of hydrogen-bond donors (Lipinski definition) is 0. The molecule has 0 bridgehead atoms. The Hall–Kier alpha value is -2.13. The second-order valence-corrected chi connectivity index (χ2v) is 5.14. The van der Waals surface area contributed by atoms with Crippen LogP contribution in [0.2, 0.25) is 0 Å². The molecule has 0 unspecified atom stereocenters. The number of isocyanates is 1. The summed E-state index contributed by atoms with van der Waals surface area (Å²) in [4.78, 5) is 29.9. The molecule has 5 nitrogen and oxygen atoms in total. The summed E-state index contributed by atoms with van der Waals surface area (Å²) in [6.45, 7) is 1.43. The topological polar surface area (TPSA) is 53.0 Å². The molecule has 1 saturated carbocycles. The van der Waals surface area contributed by atoms with Crippen molar-refractivity contribution in [3.05, 3.63) is 29.8 Å². The number of nitrogens with zero attached hydrogens (tertiary/aromatic N) is 3. The molecule has 0 aromatic heterocycles. The zero-order valence-corrected chi connectivity index (χ0v) is 10.8. The van der Waals surface area contributed by atoms with Crippen molar-refractivity contribution in [1.29, 1.82) is 0 Å². The van der Waals surface area contributed by atoms with Gasteiger partial charge in [-0.3, -0.25) is 4.90 Å². The van der Waals surface area contributed by atoms with Crippen LogP contribution in [-0.4, -0.2) is 37.1 Å². The fraction of sp³-hybridized carbons (Fsp3) is 0.429. The Kier molecular flexibility index (Phi) is 2.64. The van der Waals surface area contributed by atoms with Gasteiger partial charge in [0.15, 0.2) is 0 Å². The smallest absolute Gasteiger partial charge is 0.324 e. The monoisotopic (exact) mass is 257 g/mol. The molecule has 1 aliphatic carbocycles. The SMILES string of the molecule is CN1CCN(c2cccc(C3(N=C=O)CC3)c2)C1=O. The lowest BCUT2D eigenvalue weighted by Crippen LogP contribution is -2.29. The van der Waals surface area contributed by atoms with Gasteiger partial charge in [0.1, 0.15) is 0 Å². The highest BCUT2D eigenvalue weighted by atomic mass is 16.2. The molecule has 1 aromatic carbocycles. The molecule has 0 radical (unpaired) electrons. The van der Waals surface area contributed by atoms with E-state index in [1.54, 1.807) is 22.9 Å². The molecule has 1 saturated heterocycles. The fourth-order valence-corrected chi connectivity index (χ4v) is 2.52. The summed E-state index contributed by atoms with van der Waals surface area (Å²) in [5.41, 5.74) is 1.49. The summed E-state index contributed by atoms with van der Waals surface area (Å²) in [6, 6.07) is 7.77. The summed E-state index contributed by atoms with van der Waals surface area (Å²) in [5, 5.41) is 0. The van der Waals surface area contributed by atoms with Crippen LogP contribution in [0.3, 0.4) is 0 Å². The van der Waals surface area contributed by atoms with E-state index in [1.807, 2.05) is 24.3 Å². The molecule has 2 amide bonds. The summed E-state index contributed by atoms with van der Waals surface area (Å²) in [6.07, 6.45) is 3.41. The zero-order chi connectivity index (χ0) is 13.5. The van der Waals surface area contributed by atoms with Crippen LogP contribution in [0.5, 0.6) is 0 Å². The largest absolute Gasteiger partial charge is 0.326 e. The Balaban J connectivity index is 1.93. The lowest BCUT2D eigenvalue weighted by Gasteiger charge is -2.18. The number of aliphatic imine (C=N–C) groups is 1. The molecule has 3 rings (SSSR count). The molecule has 98 valence electrons. The van der Waals surface area contributed by atoms with Crippen LogP contribution in [0.1, 0.15) is 18.4 Å². The van der Waals surface area contributed by atoms with Gasteiger partial charge in [-0.2, -0.15) is 4.99 Å². The summed E-state index contributed by atoms with van der Waals surface area (Å²) in [5.74, 6) is 0. The van der Waals surface area contributed by atoms with Gasteiger partial charge in [0, 0.05) is 25.8 Å². The first kappa shape index (κ1) is 11.9. The minimum atomic E-state index is -0.383. The van der Waals surface area contributed by atoms with E-state index in [2.05, 4.69) is 4.99 Å². The van der Waals surface area contributed by atoms with Crippen LogP contribution < -0.4 is 4.90 Å². The molecule has 0 atom stereocenters. The molecule has 2 aliphatic rings. The van der Waals surface area contributed by atoms with Crippen molar-refractivity contribution in [2.75, 3.05) is 25.0 Å². The van der Waals surface area contributed by atoms with Gasteiger partial charge in [0.2, 0.25) is 6.08 Å². The number of hydrogen-bond acceptors (Lipinski definition) is 3. The highest BCUT2D eigenvalue weighted by molar-refractivity contribution is 5.94. The Morgan fingerprint density at radius 1 is 1.32 bits per heavy atom. The maximum Gasteiger partial charge on any atom is 0.324 e. The molecule has 1 aliphatic heterocycles. The van der Waals surface area contributed by atoms with Crippen molar-refractivity contribution in [3.63, 3.8) is 0 Å². The Bertz CT molecular complexity index is 574. The number of carbonyl (C=O) groups is 1. The first-order valence-corrected chi connectivity index (χ1v) is 6.38. The summed E-state index contributed by atoms with van der Waals surface area (Å²) in [7, 11) is 1.80. The number of urea groups is 1. The van der Waals surface area contributed by atoms with Crippen molar-refractivity contribution < 1.29 is 9.59 Å². The molecule has 0 spiro atoms. The third kappa shape index (κ3) is 1.92. The second-order valence-electron chi connectivity index (χ2n) is 5.14. The predicted octanol–water partition coefficient (Wildman–Crippen LogP) is 1.88. The molecular weight excluding hydrogens is 242 g/mol. The van der Waals surface area contributed by atoms with Crippen molar-refractivity contribution in [1.82, 2.24) is 4.90 Å². The second kappa shape index (κ2) is 4.21. The van der Waals surface area contributed by atoms with Crippen LogP contribution in [0.4, 0.5) is 10.5 Å². The average molecular weight is 257 g/mol. The van der Waals surface area contributed by atoms with Gasteiger partial charge in [-0.25, -0.2) is 9.59 Å². The first-order valence-electron chi connectivity index (χ1n) is 6.38. The maximum absolute atomic E-state index is 12.0. The van der Waals surface area contributed by atoms with Crippen molar-refractivity contribution in [3.8, 4) is 0 Å². The predicted molar refractivity (Wildman–Crippen MR) is 70.8 cm³/mol. The van der Waals surface area contributed by atoms with Crippen molar-refractivity contribution in [2.24, 2.45) is 4.99 Å². The molecule has 1 aromatic rings. The van der Waals surface area contributed by atoms with E-state index in [0.29, 0.717) is 6.54 Å². The van der Waals surface area contributed by atoms with E-state index in [0.717, 1.165) is 30.6 Å². The van der Waals surface area contributed by atoms with Crippen molar-refractivity contribution >= 4 is 17.8 Å². The van der Waals surface area contributed by atoms with E-state index in [9.17, 15) is 9.59 Å². The van der Waals surface area contributed by atoms with Gasteiger partial charge in [0.25, 0.3) is 0 Å². The van der Waals surface area contributed by atoms with Gasteiger partial charge < -0.3 is 4.90 Å². The molecule has 0 N–H and O–H groups in total. The minimum Gasteiger partial charge on any atom is -0.326 e. The lowest BCUT2D eigenvalue weighted by atomic mass is 10.0. The molecular formula is C14H15N3O2. The summed E-state index contributed by atoms with van der Waals surface area (Å²) >= 11 is 0. The standard InChI is InChI=1S/C14H15N3O2/c1-16-7-8-17(13(16)19)12-4-2-3-11(9-12)14(5-6-14)15-10-18/h2-4,9H,5-8H2,1H3. The summed E-state index contributed by atoms with van der Waals surface area (Å²) < 4.78 is 0. The number of carbonyl (C=O) groups excluding carboxylic acids is 2. The van der Waals surface area contributed by atoms with E-state index >= 15 is 0 Å². The van der Waals surface area contributed by atoms with Crippen LogP contribution in [0, 0.1) is 0 Å². The van der Waals surface area contributed by atoms with Gasteiger partial charge >= 0.3 is 6.03 Å². The third-order valence-corrected chi connectivity index (χ3v) is 3.89. The van der Waals surface area contributed by atoms with E-state index in [1.165, 1.54) is 0 Å². The van der Waals surface area contributed by atoms with Gasteiger partial charge in [0.05, 0.1) is 5.54 Å². The van der Waals surface area contributed by atoms with Crippen molar-refractivity contribution in [2.45, 2.75) is 18.4 Å². The molecule has 5 heteroatoms. The molecule has 1 heterocycles. The quantitative estimate of drug-likeness (QED) is 0.613. The Morgan fingerprint density at radius 3 is 2.68 bits per heavy atom. The highest BCUT2D eigenvalue weighted by Crippen LogP contribution is 2.49. The zero-order valence-electron chi connectivity index (χ0n) is 10.8. The fourth-order valence-electron chi connectivity index (χ4n) is 2.52. The lowest BCUT2D eigenvalue weighted by molar-refractivity contribution is 0.229. The number of anilines is 1. The minimum absolute atomic E-state index is 0.0147. The average Bonchev–Trinajstić information content (AvgIpc) is 3.13. The number of rotatable bonds is 3. The van der Waals surface area contributed by atoms with E-state index < -0.39 is 0 Å². The Morgan fingerprint density at radius 2 is 2.11 bits per heavy atom. The van der Waals surface area contributed by atoms with Crippen LogP contribution in [0.15, 0.2) is 29.3 Å². The third-order valence-electron chi connectivity index (χ3n) is 3.89. The van der Waals surface area contributed by atoms with E-state index in [-0.39, 0.29) is 11.6 Å². The highest BCUT2D eigenvalue weighted by Gasteiger charge is 2.45. The maximum atomic E-state index is 12.0. The first-order chi connectivity index (χ1) is 9.16. The number of likely N-dealkylation sites (N-methyl/N-ethyl adjacent to an activating group) is 1. The molecule has 19 heavy (non-hydrogen) atoms. The number of amides is 2. The molecule has 2 fully saturated rings. The Labute approximate surface area is 111 Å². The van der Waals surface area contributed by atoms with Gasteiger partial charge in [-0.1, -0.05) is 12.1 Å². The van der Waals surface area contributed by atoms with E-state index in [4.69, 9.17) is 0 Å². The van der Waals surface area contributed by atoms with Gasteiger partial charge in [-0.05, 0) is 30.5 Å².